The van der Waals surface area contributed by atoms with E-state index in [2.05, 4.69) is 10.6 Å². The summed E-state index contributed by atoms with van der Waals surface area (Å²) in [7, 11) is 0. The lowest BCUT2D eigenvalue weighted by atomic mass is 9.99. The number of nitrogens with two attached hydrogens (primary N) is 1. The van der Waals surface area contributed by atoms with Crippen LogP contribution in [0.5, 0.6) is 5.75 Å². The van der Waals surface area contributed by atoms with Crippen molar-refractivity contribution in [3.63, 3.8) is 0 Å². The number of hydrogen-bond acceptors (Lipinski definition) is 6. The number of carbonyl (C=O) groups is 4. The van der Waals surface area contributed by atoms with Crippen molar-refractivity contribution in [2.75, 3.05) is 0 Å². The van der Waals surface area contributed by atoms with Crippen LogP contribution in [-0.4, -0.2) is 51.5 Å². The monoisotopic (exact) mass is 538 g/mol. The average Bonchev–Trinajstić information content (AvgIpc) is 3.69. The molecular formula is C29H38N4O6. The number of primary amides is 1. The number of alkyl carbamates (subject to hydrolysis) is 1. The van der Waals surface area contributed by atoms with Gasteiger partial charge in [0, 0.05) is 19.0 Å². The van der Waals surface area contributed by atoms with Crippen LogP contribution in [0, 0.1) is 6.92 Å². The summed E-state index contributed by atoms with van der Waals surface area (Å²) in [6, 6.07) is 11.7. The number of benzene rings is 2. The van der Waals surface area contributed by atoms with E-state index in [-0.39, 0.29) is 31.2 Å². The van der Waals surface area contributed by atoms with E-state index in [1.807, 2.05) is 30.3 Å². The van der Waals surface area contributed by atoms with Crippen molar-refractivity contribution in [3.05, 3.63) is 65.2 Å². The smallest absolute Gasteiger partial charge is 0.408 e. The summed E-state index contributed by atoms with van der Waals surface area (Å²) < 4.78 is 5.35. The molecule has 39 heavy (non-hydrogen) atoms. The molecule has 2 atom stereocenters. The number of nitrogens with one attached hydrogen (secondary N) is 2. The molecule has 0 saturated heterocycles. The molecule has 1 saturated carbocycles. The van der Waals surface area contributed by atoms with Gasteiger partial charge in [-0.15, -0.1) is 0 Å². The molecule has 1 fully saturated rings. The third-order valence-corrected chi connectivity index (χ3v) is 6.24. The molecule has 3 rings (SSSR count). The Balaban J connectivity index is 1.96. The van der Waals surface area contributed by atoms with Gasteiger partial charge in [-0.2, -0.15) is 0 Å². The maximum absolute atomic E-state index is 14.1. The van der Waals surface area contributed by atoms with Gasteiger partial charge in [-0.05, 0) is 75.8 Å². The van der Waals surface area contributed by atoms with E-state index in [0.717, 1.165) is 5.56 Å². The number of phenolic OH excluding ortho intramolecular Hbond substituents is 1. The fourth-order valence-corrected chi connectivity index (χ4v) is 4.21. The first kappa shape index (κ1) is 29.5. The van der Waals surface area contributed by atoms with Crippen molar-refractivity contribution in [2.24, 2.45) is 5.73 Å². The maximum atomic E-state index is 14.1. The Morgan fingerprint density at radius 3 is 2.33 bits per heavy atom. The van der Waals surface area contributed by atoms with Gasteiger partial charge in [0.2, 0.25) is 17.7 Å². The summed E-state index contributed by atoms with van der Waals surface area (Å²) in [5.41, 5.74) is 6.50. The lowest BCUT2D eigenvalue weighted by Gasteiger charge is -2.35. The molecule has 0 spiro atoms. The molecule has 2 unspecified atom stereocenters. The molecule has 0 heterocycles. The topological polar surface area (TPSA) is 151 Å². The van der Waals surface area contributed by atoms with E-state index in [4.69, 9.17) is 10.5 Å². The zero-order valence-corrected chi connectivity index (χ0v) is 22.9. The second-order valence-electron chi connectivity index (χ2n) is 10.8. The van der Waals surface area contributed by atoms with E-state index < -0.39 is 41.5 Å². The second-order valence-corrected chi connectivity index (χ2v) is 10.8. The van der Waals surface area contributed by atoms with Crippen molar-refractivity contribution < 1.29 is 29.0 Å². The largest absolute Gasteiger partial charge is 0.508 e. The molecule has 1 aliphatic carbocycles. The molecule has 0 bridgehead atoms. The van der Waals surface area contributed by atoms with Crippen LogP contribution in [0.15, 0.2) is 48.5 Å². The Labute approximate surface area is 228 Å². The van der Waals surface area contributed by atoms with Gasteiger partial charge in [0.1, 0.15) is 23.4 Å². The number of amides is 4. The quantitative estimate of drug-likeness (QED) is 0.345. The number of ether oxygens (including phenoxy) is 1. The number of phenols is 1. The molecule has 0 aromatic heterocycles. The lowest BCUT2D eigenvalue weighted by molar-refractivity contribution is -0.143. The number of nitrogens with zero attached hydrogens (tertiary/aromatic N) is 1. The van der Waals surface area contributed by atoms with Crippen LogP contribution in [-0.2, 0) is 25.7 Å². The van der Waals surface area contributed by atoms with E-state index in [1.165, 1.54) is 11.0 Å². The Kier molecular flexibility index (Phi) is 9.56. The maximum Gasteiger partial charge on any atom is 0.408 e. The molecule has 0 aliphatic heterocycles. The SMILES string of the molecule is Cc1cc(C(C(=O)NCc2ccccc2)N(C(=O)C(CCC(N)=O)NC(=O)OC(C)(C)C)C2CC2)ccc1O. The summed E-state index contributed by atoms with van der Waals surface area (Å²) in [6.07, 6.45) is 0.351. The highest BCUT2D eigenvalue weighted by Crippen LogP contribution is 2.37. The van der Waals surface area contributed by atoms with Crippen LogP contribution >= 0.6 is 0 Å². The molecule has 2 aromatic carbocycles. The van der Waals surface area contributed by atoms with Crippen molar-refractivity contribution >= 4 is 23.8 Å². The summed E-state index contributed by atoms with van der Waals surface area (Å²) in [5, 5.41) is 15.6. The summed E-state index contributed by atoms with van der Waals surface area (Å²) in [4.78, 5) is 53.5. The minimum Gasteiger partial charge on any atom is -0.508 e. The molecule has 4 amide bonds. The Morgan fingerprint density at radius 1 is 1.10 bits per heavy atom. The first-order valence-corrected chi connectivity index (χ1v) is 13.1. The third kappa shape index (κ3) is 8.73. The van der Waals surface area contributed by atoms with Gasteiger partial charge < -0.3 is 31.1 Å². The van der Waals surface area contributed by atoms with Gasteiger partial charge in [-0.3, -0.25) is 14.4 Å². The normalized spacial score (nSPS) is 14.6. The lowest BCUT2D eigenvalue weighted by Crippen LogP contribution is -2.54. The predicted octanol–water partition coefficient (Wildman–Crippen LogP) is 3.21. The minimum atomic E-state index is -1.14. The van der Waals surface area contributed by atoms with Gasteiger partial charge >= 0.3 is 6.09 Å². The van der Waals surface area contributed by atoms with Gasteiger partial charge in [0.05, 0.1) is 0 Å². The zero-order chi connectivity index (χ0) is 28.7. The van der Waals surface area contributed by atoms with Crippen LogP contribution in [0.25, 0.3) is 0 Å². The van der Waals surface area contributed by atoms with Crippen molar-refractivity contribution in [2.45, 2.75) is 83.6 Å². The fourth-order valence-electron chi connectivity index (χ4n) is 4.21. The van der Waals surface area contributed by atoms with E-state index >= 15 is 0 Å². The molecule has 210 valence electrons. The third-order valence-electron chi connectivity index (χ3n) is 6.24. The Morgan fingerprint density at radius 2 is 1.77 bits per heavy atom. The molecule has 5 N–H and O–H groups in total. The molecular weight excluding hydrogens is 500 g/mol. The van der Waals surface area contributed by atoms with E-state index in [1.54, 1.807) is 39.8 Å². The van der Waals surface area contributed by atoms with Crippen LogP contribution in [0.3, 0.4) is 0 Å². The highest BCUT2D eigenvalue weighted by molar-refractivity contribution is 5.93. The van der Waals surface area contributed by atoms with E-state index in [0.29, 0.717) is 24.0 Å². The van der Waals surface area contributed by atoms with Gasteiger partial charge in [0.25, 0.3) is 0 Å². The number of aryl methyl sites for hydroxylation is 1. The highest BCUT2D eigenvalue weighted by Gasteiger charge is 2.44. The Hall–Kier alpha value is -4.08. The molecule has 0 radical (unpaired) electrons. The van der Waals surface area contributed by atoms with Crippen LogP contribution in [0.4, 0.5) is 4.79 Å². The average molecular weight is 539 g/mol. The second kappa shape index (κ2) is 12.6. The first-order valence-electron chi connectivity index (χ1n) is 13.1. The van der Waals surface area contributed by atoms with Crippen molar-refractivity contribution in [3.8, 4) is 5.75 Å². The summed E-state index contributed by atoms with van der Waals surface area (Å²) in [5.74, 6) is -1.48. The van der Waals surface area contributed by atoms with Crippen LogP contribution < -0.4 is 16.4 Å². The number of hydrogen-bond donors (Lipinski definition) is 4. The number of rotatable bonds is 11. The van der Waals surface area contributed by atoms with E-state index in [9.17, 15) is 24.3 Å². The molecule has 1 aliphatic rings. The van der Waals surface area contributed by atoms with Crippen molar-refractivity contribution in [1.82, 2.24) is 15.5 Å². The zero-order valence-electron chi connectivity index (χ0n) is 22.9. The number of aromatic hydroxyl groups is 1. The number of carbonyl (C=O) groups excluding carboxylic acids is 4. The van der Waals surface area contributed by atoms with Gasteiger partial charge in [-0.25, -0.2) is 4.79 Å². The fraction of sp³-hybridized carbons (Fsp3) is 0.448. The first-order chi connectivity index (χ1) is 18.4. The van der Waals surface area contributed by atoms with Crippen LogP contribution in [0.2, 0.25) is 0 Å². The van der Waals surface area contributed by atoms with Crippen LogP contribution in [0.1, 0.15) is 69.2 Å². The predicted molar refractivity (Wildman–Crippen MR) is 145 cm³/mol. The standard InChI is InChI=1S/C29H38N4O6/c1-18-16-20(10-14-23(18)34)25(26(36)31-17-19-8-6-5-7-9-19)33(21-11-12-21)27(37)22(13-15-24(30)35)32-28(38)39-29(2,3)4/h5-10,14,16,21-22,25,34H,11-13,15,17H2,1-4H3,(H2,30,35)(H,31,36)(H,32,38). The highest BCUT2D eigenvalue weighted by atomic mass is 16.6. The molecule has 2 aromatic rings. The van der Waals surface area contributed by atoms with Gasteiger partial charge in [-0.1, -0.05) is 36.4 Å². The molecule has 10 heteroatoms. The Bertz CT molecular complexity index is 1190. The summed E-state index contributed by atoms with van der Waals surface area (Å²) in [6.45, 7) is 7.05. The van der Waals surface area contributed by atoms with Crippen molar-refractivity contribution in [1.29, 1.82) is 0 Å². The molecule has 10 nitrogen and oxygen atoms in total. The summed E-state index contributed by atoms with van der Waals surface area (Å²) >= 11 is 0. The van der Waals surface area contributed by atoms with Gasteiger partial charge in [0.15, 0.2) is 0 Å². The minimum absolute atomic E-state index is 0.0520.